The van der Waals surface area contributed by atoms with E-state index < -0.39 is 0 Å². The van der Waals surface area contributed by atoms with Gasteiger partial charge in [0.1, 0.15) is 0 Å². The first kappa shape index (κ1) is 64.8. The summed E-state index contributed by atoms with van der Waals surface area (Å²) < 4.78 is 2.44. The first-order valence-electron chi connectivity index (χ1n) is 40.0. The standard InChI is InChI=1S/C46H28.C38H23N.C30H18/c1-2-8-30-23-35(16-15-29(30)7-1)37-20-19-36-24-34(17-18-38(36)25-37)31-11-5-12-39(26-31)40-21-22-43-45-28-33-10-4-3-9-32(33)27-44(45)42-14-6-13-41(40)46(42)43;1-2-11-25-23-34-32-21-20-26(30-15-9-16-31(38(30)32)33(34)22-24(25)10-1)27-12-3-6-17-35(27)39-36-18-7-4-13-28(36)29-14-5-8-19-37(29)39;1-2-7-20-16-23(13-12-19(20)6-1)24-14-15-27-29-18-22-9-4-3-8-21(22)17-28(29)26-11-5-10-25(24)30(26)27/h1-28H;1-23H;1-18H. The molecule has 0 saturated carbocycles. The fourth-order valence-corrected chi connectivity index (χ4v) is 19.6. The average Bonchev–Trinajstić information content (AvgIpc) is 1.60. The number of benzene rings is 22. The summed E-state index contributed by atoms with van der Waals surface area (Å²) in [5.41, 5.74) is 32.3. The van der Waals surface area contributed by atoms with E-state index in [1.54, 1.807) is 0 Å². The van der Waals surface area contributed by atoms with Crippen LogP contribution in [0, 0.1) is 0 Å². The van der Waals surface area contributed by atoms with E-state index in [0.29, 0.717) is 0 Å². The SMILES string of the molecule is c1cc(-c2ccc3cc(-c4ccc5ccccc5c4)ccc3c2)cc(-c2ccc3c4c(cccc24)-c2cc4ccccc4cc2-3)c1.c1ccc(-n2c3ccccc3c3ccccc32)c(-c2ccc3c4c(cccc24)-c2cc4ccccc4cc2-3)c1.c1ccc2cc(-c3ccc4c5c(cccc35)-c3cc5ccccc5cc3-4)ccc2c1. The van der Waals surface area contributed by atoms with Crippen molar-refractivity contribution in [1.82, 2.24) is 4.57 Å². The van der Waals surface area contributed by atoms with Gasteiger partial charge in [0, 0.05) is 16.3 Å². The minimum atomic E-state index is 1.21. The maximum atomic E-state index is 2.44. The Balaban J connectivity index is 0.000000102. The maximum Gasteiger partial charge on any atom is 0.0541 e. The summed E-state index contributed by atoms with van der Waals surface area (Å²) in [4.78, 5) is 0. The highest BCUT2D eigenvalue weighted by Crippen LogP contribution is 2.55. The molecule has 0 atom stereocenters. The van der Waals surface area contributed by atoms with Crippen molar-refractivity contribution in [3.63, 3.8) is 0 Å². The second-order valence-corrected chi connectivity index (χ2v) is 31.3. The molecule has 0 N–H and O–H groups in total. The number of nitrogens with zero attached hydrogens (tertiary/aromatic N) is 1. The summed E-state index contributed by atoms with van der Waals surface area (Å²) in [7, 11) is 0. The van der Waals surface area contributed by atoms with Crippen molar-refractivity contribution < 1.29 is 0 Å². The Morgan fingerprint density at radius 1 is 0.122 bits per heavy atom. The number of hydrogen-bond acceptors (Lipinski definition) is 0. The van der Waals surface area contributed by atoms with Gasteiger partial charge in [-0.25, -0.2) is 0 Å². The first-order chi connectivity index (χ1) is 57.0. The molecule has 1 aromatic heterocycles. The Morgan fingerprint density at radius 3 is 0.800 bits per heavy atom. The van der Waals surface area contributed by atoms with Gasteiger partial charge in [0.2, 0.25) is 0 Å². The van der Waals surface area contributed by atoms with Crippen LogP contribution in [0.25, 0.3) is 247 Å². The molecule has 0 saturated heterocycles. The number of para-hydroxylation sites is 3. The second-order valence-electron chi connectivity index (χ2n) is 31.3. The van der Waals surface area contributed by atoms with Crippen molar-refractivity contribution in [1.29, 1.82) is 0 Å². The van der Waals surface area contributed by atoms with E-state index in [-0.39, 0.29) is 0 Å². The molecule has 3 aliphatic rings. The highest BCUT2D eigenvalue weighted by Gasteiger charge is 2.28. The zero-order valence-electron chi connectivity index (χ0n) is 62.8. The quantitative estimate of drug-likeness (QED) is 0.156. The Bertz CT molecular complexity index is 7900. The van der Waals surface area contributed by atoms with Gasteiger partial charge in [-0.2, -0.15) is 0 Å². The van der Waals surface area contributed by atoms with Crippen LogP contribution in [-0.2, 0) is 0 Å². The highest BCUT2D eigenvalue weighted by molar-refractivity contribution is 6.24. The molecular formula is C114H69N. The van der Waals surface area contributed by atoms with Crippen LogP contribution >= 0.6 is 0 Å². The Hall–Kier alpha value is -15.0. The van der Waals surface area contributed by atoms with Crippen molar-refractivity contribution in [2.75, 3.05) is 0 Å². The van der Waals surface area contributed by atoms with Crippen LogP contribution in [0.4, 0.5) is 0 Å². The first-order valence-corrected chi connectivity index (χ1v) is 40.0. The third kappa shape index (κ3) is 10.3. The lowest BCUT2D eigenvalue weighted by Crippen LogP contribution is -1.97. The summed E-state index contributed by atoms with van der Waals surface area (Å²) in [5.74, 6) is 0. The van der Waals surface area contributed by atoms with E-state index in [4.69, 9.17) is 0 Å². The molecule has 530 valence electrons. The predicted octanol–water partition coefficient (Wildman–Crippen LogP) is 31.8. The molecule has 0 fully saturated rings. The van der Waals surface area contributed by atoms with Gasteiger partial charge in [-0.05, 0) is 299 Å². The number of aromatic nitrogens is 1. The lowest BCUT2D eigenvalue weighted by Gasteiger charge is -2.16. The summed E-state index contributed by atoms with van der Waals surface area (Å²) in [5, 5.41) is 26.0. The van der Waals surface area contributed by atoms with Crippen molar-refractivity contribution in [2.45, 2.75) is 0 Å². The van der Waals surface area contributed by atoms with Crippen molar-refractivity contribution >= 4 is 119 Å². The van der Waals surface area contributed by atoms with E-state index in [9.17, 15) is 0 Å². The summed E-state index contributed by atoms with van der Waals surface area (Å²) in [6.07, 6.45) is 0. The molecule has 23 aromatic rings. The number of rotatable bonds is 6. The van der Waals surface area contributed by atoms with Crippen LogP contribution in [0.1, 0.15) is 0 Å². The van der Waals surface area contributed by atoms with Crippen LogP contribution in [0.15, 0.2) is 419 Å². The second kappa shape index (κ2) is 25.8. The Labute approximate surface area is 665 Å². The van der Waals surface area contributed by atoms with Gasteiger partial charge in [0.25, 0.3) is 0 Å². The summed E-state index contributed by atoms with van der Waals surface area (Å²) >= 11 is 0. The van der Waals surface area contributed by atoms with Crippen LogP contribution in [-0.4, -0.2) is 4.57 Å². The van der Waals surface area contributed by atoms with Gasteiger partial charge in [-0.15, -0.1) is 0 Å². The molecule has 22 aromatic carbocycles. The van der Waals surface area contributed by atoms with Crippen LogP contribution in [0.3, 0.4) is 0 Å². The molecule has 0 amide bonds. The minimum absolute atomic E-state index is 1.21. The van der Waals surface area contributed by atoms with Gasteiger partial charge in [0.05, 0.1) is 16.7 Å². The van der Waals surface area contributed by atoms with E-state index in [1.807, 2.05) is 0 Å². The lowest BCUT2D eigenvalue weighted by molar-refractivity contribution is 1.18. The molecule has 1 nitrogen and oxygen atoms in total. The van der Waals surface area contributed by atoms with Gasteiger partial charge >= 0.3 is 0 Å². The fraction of sp³-hybridized carbons (Fsp3) is 0. The molecule has 0 bridgehead atoms. The normalized spacial score (nSPS) is 12.0. The van der Waals surface area contributed by atoms with Crippen LogP contribution < -0.4 is 0 Å². The zero-order chi connectivity index (χ0) is 75.3. The van der Waals surface area contributed by atoms with Gasteiger partial charge in [-0.3, -0.25) is 0 Å². The lowest BCUT2D eigenvalue weighted by atomic mass is 9.92. The molecule has 26 rings (SSSR count). The predicted molar refractivity (Wildman–Crippen MR) is 492 cm³/mol. The summed E-state index contributed by atoms with van der Waals surface area (Å²) in [6.45, 7) is 0. The fourth-order valence-electron chi connectivity index (χ4n) is 19.6. The number of fused-ring (bicyclic) bond motifs is 18. The largest absolute Gasteiger partial charge is 0.309 e. The third-order valence-corrected chi connectivity index (χ3v) is 25.0. The van der Waals surface area contributed by atoms with Gasteiger partial charge in [0.15, 0.2) is 0 Å². The molecule has 0 aliphatic heterocycles. The van der Waals surface area contributed by atoms with E-state index in [1.165, 1.54) is 247 Å². The Kier molecular flexibility index (Phi) is 14.5. The number of hydrogen-bond donors (Lipinski definition) is 0. The van der Waals surface area contributed by atoms with E-state index in [2.05, 4.69) is 423 Å². The van der Waals surface area contributed by atoms with Crippen LogP contribution in [0.2, 0.25) is 0 Å². The molecule has 1 heteroatoms. The van der Waals surface area contributed by atoms with Crippen molar-refractivity contribution in [3.05, 3.63) is 419 Å². The van der Waals surface area contributed by atoms with Crippen molar-refractivity contribution in [2.24, 2.45) is 0 Å². The molecule has 115 heavy (non-hydrogen) atoms. The average molecular weight is 1450 g/mol. The van der Waals surface area contributed by atoms with E-state index >= 15 is 0 Å². The van der Waals surface area contributed by atoms with Gasteiger partial charge < -0.3 is 4.57 Å². The third-order valence-electron chi connectivity index (χ3n) is 25.0. The van der Waals surface area contributed by atoms with Crippen LogP contribution in [0.5, 0.6) is 0 Å². The smallest absolute Gasteiger partial charge is 0.0541 e. The van der Waals surface area contributed by atoms with Crippen molar-refractivity contribution in [3.8, 4) is 128 Å². The zero-order valence-corrected chi connectivity index (χ0v) is 62.8. The molecule has 1 heterocycles. The molecule has 0 radical (unpaired) electrons. The maximum absolute atomic E-state index is 2.44. The Morgan fingerprint density at radius 2 is 0.374 bits per heavy atom. The van der Waals surface area contributed by atoms with E-state index in [0.717, 1.165) is 0 Å². The molecule has 3 aliphatic carbocycles. The summed E-state index contributed by atoms with van der Waals surface area (Å²) in [6, 6.07) is 154. The monoisotopic (exact) mass is 1450 g/mol. The highest BCUT2D eigenvalue weighted by atomic mass is 15.0. The van der Waals surface area contributed by atoms with Gasteiger partial charge in [-0.1, -0.05) is 334 Å². The molecular weight excluding hydrogens is 1380 g/mol. The topological polar surface area (TPSA) is 4.93 Å². The minimum Gasteiger partial charge on any atom is -0.309 e. The molecule has 0 spiro atoms. The molecule has 0 unspecified atom stereocenters.